The van der Waals surface area contributed by atoms with Gasteiger partial charge in [-0.3, -0.25) is 9.69 Å². The molecule has 2 aromatic rings. The third-order valence-corrected chi connectivity index (χ3v) is 4.09. The SMILES string of the molecule is COc1coc(CN2CCCC(Nc3nccc(C)n3)C2)cc1=O. The predicted molar refractivity (Wildman–Crippen MR) is 90.2 cm³/mol. The number of anilines is 1. The van der Waals surface area contributed by atoms with Gasteiger partial charge in [-0.1, -0.05) is 0 Å². The lowest BCUT2D eigenvalue weighted by molar-refractivity contribution is 0.191. The molecule has 0 spiro atoms. The van der Waals surface area contributed by atoms with E-state index in [0.29, 0.717) is 18.3 Å². The van der Waals surface area contributed by atoms with E-state index in [9.17, 15) is 4.79 Å². The van der Waals surface area contributed by atoms with Crippen molar-refractivity contribution in [3.05, 3.63) is 46.3 Å². The number of rotatable bonds is 5. The summed E-state index contributed by atoms with van der Waals surface area (Å²) in [7, 11) is 1.46. The predicted octanol–water partition coefficient (Wildman–Crippen LogP) is 1.82. The third-order valence-electron chi connectivity index (χ3n) is 4.09. The van der Waals surface area contributed by atoms with E-state index in [-0.39, 0.29) is 17.2 Å². The molecule has 0 radical (unpaired) electrons. The number of hydrogen-bond donors (Lipinski definition) is 1. The number of aromatic nitrogens is 2. The van der Waals surface area contributed by atoms with Gasteiger partial charge in [-0.05, 0) is 32.4 Å². The first-order valence-electron chi connectivity index (χ1n) is 8.08. The number of ether oxygens (including phenoxy) is 1. The molecular formula is C17H22N4O3. The smallest absolute Gasteiger partial charge is 0.227 e. The van der Waals surface area contributed by atoms with Crippen LogP contribution >= 0.6 is 0 Å². The van der Waals surface area contributed by atoms with Crippen LogP contribution in [0.2, 0.25) is 0 Å². The van der Waals surface area contributed by atoms with Crippen LogP contribution in [0.3, 0.4) is 0 Å². The van der Waals surface area contributed by atoms with Crippen LogP contribution in [0.15, 0.2) is 33.8 Å². The lowest BCUT2D eigenvalue weighted by atomic mass is 10.1. The molecule has 1 N–H and O–H groups in total. The molecule has 1 atom stereocenters. The molecule has 3 heterocycles. The van der Waals surface area contributed by atoms with Gasteiger partial charge in [0.05, 0.1) is 13.7 Å². The number of methoxy groups -OCH3 is 1. The monoisotopic (exact) mass is 330 g/mol. The van der Waals surface area contributed by atoms with E-state index in [1.807, 2.05) is 13.0 Å². The molecule has 0 aromatic carbocycles. The average Bonchev–Trinajstić information content (AvgIpc) is 2.55. The first-order valence-corrected chi connectivity index (χ1v) is 8.08. The van der Waals surface area contributed by atoms with E-state index in [1.165, 1.54) is 19.4 Å². The second-order valence-electron chi connectivity index (χ2n) is 6.02. The van der Waals surface area contributed by atoms with Crippen molar-refractivity contribution < 1.29 is 9.15 Å². The van der Waals surface area contributed by atoms with Gasteiger partial charge in [-0.15, -0.1) is 0 Å². The summed E-state index contributed by atoms with van der Waals surface area (Å²) < 4.78 is 10.4. The lowest BCUT2D eigenvalue weighted by Crippen LogP contribution is -2.42. The fraction of sp³-hybridized carbons (Fsp3) is 0.471. The zero-order valence-corrected chi connectivity index (χ0v) is 14.0. The number of piperidine rings is 1. The number of aryl methyl sites for hydroxylation is 1. The molecule has 1 aliphatic heterocycles. The van der Waals surface area contributed by atoms with Crippen LogP contribution in [0.25, 0.3) is 0 Å². The maximum Gasteiger partial charge on any atom is 0.227 e. The van der Waals surface area contributed by atoms with Gasteiger partial charge < -0.3 is 14.5 Å². The molecular weight excluding hydrogens is 308 g/mol. The van der Waals surface area contributed by atoms with Gasteiger partial charge in [-0.25, -0.2) is 9.97 Å². The molecule has 1 saturated heterocycles. The third kappa shape index (κ3) is 4.11. The highest BCUT2D eigenvalue weighted by molar-refractivity contribution is 5.27. The normalized spacial score (nSPS) is 18.3. The molecule has 1 aliphatic rings. The molecule has 0 bridgehead atoms. The zero-order valence-electron chi connectivity index (χ0n) is 14.0. The van der Waals surface area contributed by atoms with Crippen LogP contribution in [0.1, 0.15) is 24.3 Å². The summed E-state index contributed by atoms with van der Waals surface area (Å²) in [5.74, 6) is 1.54. The molecule has 3 rings (SSSR count). The Morgan fingerprint density at radius 2 is 2.38 bits per heavy atom. The Labute approximate surface area is 140 Å². The fourth-order valence-corrected chi connectivity index (χ4v) is 2.91. The van der Waals surface area contributed by atoms with Crippen molar-refractivity contribution in [2.24, 2.45) is 0 Å². The molecule has 2 aromatic heterocycles. The number of likely N-dealkylation sites (tertiary alicyclic amines) is 1. The number of nitrogens with zero attached hydrogens (tertiary/aromatic N) is 3. The summed E-state index contributed by atoms with van der Waals surface area (Å²) in [4.78, 5) is 22.7. The molecule has 1 fully saturated rings. The molecule has 24 heavy (non-hydrogen) atoms. The van der Waals surface area contributed by atoms with Gasteiger partial charge in [-0.2, -0.15) is 0 Å². The Kier molecular flexibility index (Phi) is 5.10. The fourth-order valence-electron chi connectivity index (χ4n) is 2.91. The van der Waals surface area contributed by atoms with Crippen molar-refractivity contribution >= 4 is 5.95 Å². The van der Waals surface area contributed by atoms with Crippen LogP contribution in [0, 0.1) is 6.92 Å². The van der Waals surface area contributed by atoms with E-state index in [4.69, 9.17) is 9.15 Å². The molecule has 1 unspecified atom stereocenters. The van der Waals surface area contributed by atoms with Crippen LogP contribution in [0.4, 0.5) is 5.95 Å². The Bertz CT molecular complexity index is 747. The highest BCUT2D eigenvalue weighted by atomic mass is 16.5. The Morgan fingerprint density at radius 3 is 3.12 bits per heavy atom. The van der Waals surface area contributed by atoms with Crippen LogP contribution in [-0.2, 0) is 6.54 Å². The highest BCUT2D eigenvalue weighted by Crippen LogP contribution is 2.16. The topological polar surface area (TPSA) is 80.5 Å². The minimum atomic E-state index is -0.154. The second kappa shape index (κ2) is 7.44. The summed E-state index contributed by atoms with van der Waals surface area (Å²) in [5, 5.41) is 3.39. The molecule has 0 aliphatic carbocycles. The van der Waals surface area contributed by atoms with Crippen LogP contribution in [0.5, 0.6) is 5.75 Å². The molecule has 0 saturated carbocycles. The highest BCUT2D eigenvalue weighted by Gasteiger charge is 2.21. The van der Waals surface area contributed by atoms with Crippen LogP contribution < -0.4 is 15.5 Å². The van der Waals surface area contributed by atoms with Gasteiger partial charge in [0, 0.05) is 30.5 Å². The van der Waals surface area contributed by atoms with Crippen molar-refractivity contribution in [3.8, 4) is 5.75 Å². The summed E-state index contributed by atoms with van der Waals surface area (Å²) in [6, 6.07) is 3.66. The Hall–Kier alpha value is -2.41. The van der Waals surface area contributed by atoms with Gasteiger partial charge in [0.1, 0.15) is 12.0 Å². The number of hydrogen-bond acceptors (Lipinski definition) is 7. The maximum absolute atomic E-state index is 11.8. The van der Waals surface area contributed by atoms with E-state index < -0.39 is 0 Å². The van der Waals surface area contributed by atoms with Crippen molar-refractivity contribution in [3.63, 3.8) is 0 Å². The number of nitrogens with one attached hydrogen (secondary N) is 1. The van der Waals surface area contributed by atoms with Crippen molar-refractivity contribution in [1.29, 1.82) is 0 Å². The summed E-state index contributed by atoms with van der Waals surface area (Å²) in [5.41, 5.74) is 0.791. The maximum atomic E-state index is 11.8. The van der Waals surface area contributed by atoms with Crippen LogP contribution in [-0.4, -0.2) is 41.1 Å². The summed E-state index contributed by atoms with van der Waals surface area (Å²) in [6.07, 6.45) is 5.28. The van der Waals surface area contributed by atoms with Gasteiger partial charge in [0.15, 0.2) is 0 Å². The quantitative estimate of drug-likeness (QED) is 0.895. The first-order chi connectivity index (χ1) is 11.6. The second-order valence-corrected chi connectivity index (χ2v) is 6.02. The summed E-state index contributed by atoms with van der Waals surface area (Å²) >= 11 is 0. The molecule has 7 nitrogen and oxygen atoms in total. The van der Waals surface area contributed by atoms with Crippen molar-refractivity contribution in [2.75, 3.05) is 25.5 Å². The molecule has 7 heteroatoms. The minimum Gasteiger partial charge on any atom is -0.490 e. The average molecular weight is 330 g/mol. The minimum absolute atomic E-state index is 0.154. The first kappa shape index (κ1) is 16.4. The van der Waals surface area contributed by atoms with E-state index in [2.05, 4.69) is 20.2 Å². The molecule has 128 valence electrons. The Balaban J connectivity index is 1.61. The Morgan fingerprint density at radius 1 is 1.50 bits per heavy atom. The van der Waals surface area contributed by atoms with Gasteiger partial charge in [0.2, 0.25) is 17.1 Å². The standard InChI is InChI=1S/C17H22N4O3/c1-12-5-6-18-17(19-12)20-13-4-3-7-21(9-13)10-14-8-15(22)16(23-2)11-24-14/h5-6,8,11,13H,3-4,7,9-10H2,1-2H3,(H,18,19,20). The van der Waals surface area contributed by atoms with E-state index in [1.54, 1.807) is 6.20 Å². The summed E-state index contributed by atoms with van der Waals surface area (Å²) in [6.45, 7) is 4.38. The van der Waals surface area contributed by atoms with E-state index >= 15 is 0 Å². The zero-order chi connectivity index (χ0) is 16.9. The largest absolute Gasteiger partial charge is 0.490 e. The lowest BCUT2D eigenvalue weighted by Gasteiger charge is -2.32. The van der Waals surface area contributed by atoms with E-state index in [0.717, 1.165) is 31.6 Å². The van der Waals surface area contributed by atoms with Gasteiger partial charge in [0.25, 0.3) is 0 Å². The van der Waals surface area contributed by atoms with Crippen molar-refractivity contribution in [2.45, 2.75) is 32.4 Å². The van der Waals surface area contributed by atoms with Gasteiger partial charge >= 0.3 is 0 Å². The van der Waals surface area contributed by atoms with Crippen molar-refractivity contribution in [1.82, 2.24) is 14.9 Å². The molecule has 0 amide bonds.